The van der Waals surface area contributed by atoms with E-state index in [0.717, 1.165) is 12.8 Å². The topological polar surface area (TPSA) is 80.9 Å². The summed E-state index contributed by atoms with van der Waals surface area (Å²) in [6.45, 7) is 3.98. The number of nitrogens with two attached hydrogens (primary N) is 1. The number of hydrogen-bond donors (Lipinski definition) is 2. The van der Waals surface area contributed by atoms with Gasteiger partial charge in [-0.3, -0.25) is 14.3 Å². The van der Waals surface area contributed by atoms with Crippen molar-refractivity contribution in [1.29, 1.82) is 0 Å². The Morgan fingerprint density at radius 3 is 2.50 bits per heavy atom. The highest BCUT2D eigenvalue weighted by atomic mass is 16.2. The van der Waals surface area contributed by atoms with Gasteiger partial charge >= 0.3 is 5.69 Å². The van der Waals surface area contributed by atoms with Crippen molar-refractivity contribution < 1.29 is 0 Å². The third kappa shape index (κ3) is 1.86. The molecule has 1 aromatic rings. The number of aromatic nitrogens is 2. The highest BCUT2D eigenvalue weighted by Gasteiger charge is 2.09. The van der Waals surface area contributed by atoms with Gasteiger partial charge in [0.2, 0.25) is 0 Å². The Labute approximate surface area is 81.6 Å². The Morgan fingerprint density at radius 1 is 1.43 bits per heavy atom. The first kappa shape index (κ1) is 10.6. The van der Waals surface area contributed by atoms with E-state index in [1.807, 2.05) is 13.8 Å². The number of hydrogen-bond acceptors (Lipinski definition) is 3. The first-order chi connectivity index (χ1) is 6.60. The molecule has 1 heterocycles. The highest BCUT2D eigenvalue weighted by molar-refractivity contribution is 5.30. The molecule has 0 aromatic carbocycles. The molecule has 3 N–H and O–H groups in total. The fourth-order valence-corrected chi connectivity index (χ4v) is 1.45. The van der Waals surface area contributed by atoms with E-state index < -0.39 is 11.2 Å². The Balaban J connectivity index is 3.28. The van der Waals surface area contributed by atoms with Crippen molar-refractivity contribution >= 4 is 5.69 Å². The maximum absolute atomic E-state index is 11.4. The Hall–Kier alpha value is -1.52. The summed E-state index contributed by atoms with van der Waals surface area (Å²) in [5.74, 6) is 0. The average Bonchev–Trinajstić information content (AvgIpc) is 2.15. The normalized spacial score (nSPS) is 10.8. The molecule has 0 amide bonds. The molecule has 1 rings (SSSR count). The van der Waals surface area contributed by atoms with E-state index in [1.54, 1.807) is 0 Å². The number of anilines is 1. The maximum Gasteiger partial charge on any atom is 0.328 e. The average molecular weight is 197 g/mol. The summed E-state index contributed by atoms with van der Waals surface area (Å²) < 4.78 is 1.48. The molecule has 0 atom stereocenters. The molecule has 14 heavy (non-hydrogen) atoms. The van der Waals surface area contributed by atoms with Crippen LogP contribution in [0.4, 0.5) is 5.69 Å². The van der Waals surface area contributed by atoms with Gasteiger partial charge in [0.25, 0.3) is 5.56 Å². The van der Waals surface area contributed by atoms with Crippen LogP contribution in [-0.2, 0) is 0 Å². The first-order valence-corrected chi connectivity index (χ1v) is 4.71. The molecular weight excluding hydrogens is 182 g/mol. The summed E-state index contributed by atoms with van der Waals surface area (Å²) >= 11 is 0. The van der Waals surface area contributed by atoms with Crippen molar-refractivity contribution in [2.45, 2.75) is 32.7 Å². The summed E-state index contributed by atoms with van der Waals surface area (Å²) in [4.78, 5) is 24.6. The van der Waals surface area contributed by atoms with Crippen molar-refractivity contribution in [1.82, 2.24) is 9.55 Å². The summed E-state index contributed by atoms with van der Waals surface area (Å²) in [5, 5.41) is 0. The van der Waals surface area contributed by atoms with E-state index in [0.29, 0.717) is 0 Å². The summed E-state index contributed by atoms with van der Waals surface area (Å²) in [7, 11) is 0. The van der Waals surface area contributed by atoms with Crippen molar-refractivity contribution in [2.24, 2.45) is 0 Å². The lowest BCUT2D eigenvalue weighted by atomic mass is 10.2. The van der Waals surface area contributed by atoms with Gasteiger partial charge < -0.3 is 5.73 Å². The van der Waals surface area contributed by atoms with E-state index in [-0.39, 0.29) is 11.7 Å². The van der Waals surface area contributed by atoms with Gasteiger partial charge in [-0.15, -0.1) is 0 Å². The Bertz CT molecular complexity index is 415. The van der Waals surface area contributed by atoms with Gasteiger partial charge in [-0.05, 0) is 12.8 Å². The van der Waals surface area contributed by atoms with Gasteiger partial charge in [0, 0.05) is 12.2 Å². The standard InChI is InChI=1S/C9H15N3O2/c1-3-6(4-2)12-5-7(10)8(13)11-9(12)14/h5-6H,3-4,10H2,1-2H3,(H,11,13,14). The molecular formula is C9H15N3O2. The molecule has 0 aliphatic heterocycles. The SMILES string of the molecule is CCC(CC)n1cc(N)c(=O)[nH]c1=O. The number of aromatic amines is 1. The molecule has 0 spiro atoms. The predicted molar refractivity (Wildman–Crippen MR) is 55.4 cm³/mol. The molecule has 0 unspecified atom stereocenters. The smallest absolute Gasteiger partial charge is 0.328 e. The molecule has 0 fully saturated rings. The van der Waals surface area contributed by atoms with Crippen LogP contribution >= 0.6 is 0 Å². The van der Waals surface area contributed by atoms with Crippen LogP contribution in [0.15, 0.2) is 15.8 Å². The van der Waals surface area contributed by atoms with E-state index in [4.69, 9.17) is 5.73 Å². The number of nitrogens with one attached hydrogen (secondary N) is 1. The second kappa shape index (κ2) is 4.13. The Kier molecular flexibility index (Phi) is 3.11. The third-order valence-electron chi connectivity index (χ3n) is 2.33. The third-order valence-corrected chi connectivity index (χ3v) is 2.33. The molecule has 5 nitrogen and oxygen atoms in total. The van der Waals surface area contributed by atoms with Crippen LogP contribution < -0.4 is 17.0 Å². The van der Waals surface area contributed by atoms with Crippen molar-refractivity contribution in [3.05, 3.63) is 27.0 Å². The molecule has 0 saturated heterocycles. The van der Waals surface area contributed by atoms with Crippen molar-refractivity contribution in [2.75, 3.05) is 5.73 Å². The van der Waals surface area contributed by atoms with Crippen LogP contribution in [0.5, 0.6) is 0 Å². The monoisotopic (exact) mass is 197 g/mol. The fourth-order valence-electron chi connectivity index (χ4n) is 1.45. The first-order valence-electron chi connectivity index (χ1n) is 4.71. The van der Waals surface area contributed by atoms with Crippen LogP contribution in [0.3, 0.4) is 0 Å². The minimum atomic E-state index is -0.516. The van der Waals surface area contributed by atoms with Gasteiger partial charge in [0.15, 0.2) is 0 Å². The van der Waals surface area contributed by atoms with Gasteiger partial charge in [0.05, 0.1) is 0 Å². The molecule has 0 radical (unpaired) electrons. The number of nitrogen functional groups attached to an aromatic ring is 1. The van der Waals surface area contributed by atoms with Gasteiger partial charge in [0.1, 0.15) is 5.69 Å². The van der Waals surface area contributed by atoms with Gasteiger partial charge in [-0.25, -0.2) is 4.79 Å². The molecule has 5 heteroatoms. The van der Waals surface area contributed by atoms with Crippen LogP contribution in [0.25, 0.3) is 0 Å². The minimum Gasteiger partial charge on any atom is -0.393 e. The summed E-state index contributed by atoms with van der Waals surface area (Å²) in [5.41, 5.74) is 4.61. The fraction of sp³-hybridized carbons (Fsp3) is 0.556. The van der Waals surface area contributed by atoms with Gasteiger partial charge in [-0.1, -0.05) is 13.8 Å². The van der Waals surface area contributed by atoms with Gasteiger partial charge in [-0.2, -0.15) is 0 Å². The molecule has 0 aliphatic carbocycles. The zero-order chi connectivity index (χ0) is 10.7. The molecule has 1 aromatic heterocycles. The quantitative estimate of drug-likeness (QED) is 0.739. The molecule has 0 bridgehead atoms. The van der Waals surface area contributed by atoms with Crippen molar-refractivity contribution in [3.63, 3.8) is 0 Å². The lowest BCUT2D eigenvalue weighted by Crippen LogP contribution is -2.33. The van der Waals surface area contributed by atoms with Crippen LogP contribution in [0.1, 0.15) is 32.7 Å². The lowest BCUT2D eigenvalue weighted by molar-refractivity contribution is 0.450. The number of H-pyrrole nitrogens is 1. The van der Waals surface area contributed by atoms with Crippen LogP contribution in [0, 0.1) is 0 Å². The molecule has 0 aliphatic rings. The van der Waals surface area contributed by atoms with E-state index in [1.165, 1.54) is 10.8 Å². The van der Waals surface area contributed by atoms with Crippen LogP contribution in [-0.4, -0.2) is 9.55 Å². The summed E-state index contributed by atoms with van der Waals surface area (Å²) in [6, 6.07) is 0.0987. The zero-order valence-corrected chi connectivity index (χ0v) is 8.41. The van der Waals surface area contributed by atoms with Crippen LogP contribution in [0.2, 0.25) is 0 Å². The maximum atomic E-state index is 11.4. The largest absolute Gasteiger partial charge is 0.393 e. The van der Waals surface area contributed by atoms with Crippen molar-refractivity contribution in [3.8, 4) is 0 Å². The number of nitrogens with zero attached hydrogens (tertiary/aromatic N) is 1. The number of rotatable bonds is 3. The molecule has 78 valence electrons. The second-order valence-electron chi connectivity index (χ2n) is 3.22. The molecule has 0 saturated carbocycles. The minimum absolute atomic E-state index is 0.0801. The predicted octanol–water partition coefficient (Wildman–Crippen LogP) is 0.480. The summed E-state index contributed by atoms with van der Waals surface area (Å²) in [6.07, 6.45) is 3.09. The zero-order valence-electron chi connectivity index (χ0n) is 8.41. The second-order valence-corrected chi connectivity index (χ2v) is 3.22. The van der Waals surface area contributed by atoms with E-state index in [9.17, 15) is 9.59 Å². The highest BCUT2D eigenvalue weighted by Crippen LogP contribution is 2.12. The van der Waals surface area contributed by atoms with E-state index in [2.05, 4.69) is 4.98 Å². The van der Waals surface area contributed by atoms with E-state index >= 15 is 0 Å². The lowest BCUT2D eigenvalue weighted by Gasteiger charge is -2.15. The Morgan fingerprint density at radius 2 is 2.00 bits per heavy atom.